The average Bonchev–Trinajstić information content (AvgIpc) is 2.91. The van der Waals surface area contributed by atoms with Crippen molar-refractivity contribution in [3.8, 4) is 0 Å². The Hall–Kier alpha value is -0.410. The molecule has 2 fully saturated rings. The van der Waals surface area contributed by atoms with Crippen LogP contribution in [0.5, 0.6) is 0 Å². The highest BCUT2D eigenvalue weighted by molar-refractivity contribution is 7.89. The van der Waals surface area contributed by atoms with Crippen molar-refractivity contribution in [2.45, 2.75) is 18.9 Å². The van der Waals surface area contributed by atoms with Gasteiger partial charge in [0.25, 0.3) is 0 Å². The van der Waals surface area contributed by atoms with Gasteiger partial charge in [0.05, 0.1) is 18.4 Å². The van der Waals surface area contributed by atoms with Gasteiger partial charge >= 0.3 is 0 Å². The van der Waals surface area contributed by atoms with Crippen LogP contribution in [-0.4, -0.2) is 81.8 Å². The minimum absolute atomic E-state index is 0. The number of ether oxygens (including phenoxy) is 1. The molecule has 2 saturated heterocycles. The molecule has 1 amide bonds. The van der Waals surface area contributed by atoms with Crippen LogP contribution in [0.2, 0.25) is 0 Å². The summed E-state index contributed by atoms with van der Waals surface area (Å²) in [6.07, 6.45) is 1.46. The summed E-state index contributed by atoms with van der Waals surface area (Å²) >= 11 is 0. The Bertz CT molecular complexity index is 434. The van der Waals surface area contributed by atoms with Crippen LogP contribution in [-0.2, 0) is 19.6 Å². The van der Waals surface area contributed by atoms with Crippen molar-refractivity contribution in [3.05, 3.63) is 0 Å². The molecule has 2 heterocycles. The van der Waals surface area contributed by atoms with E-state index < -0.39 is 10.0 Å². The van der Waals surface area contributed by atoms with E-state index in [4.69, 9.17) is 4.74 Å². The van der Waals surface area contributed by atoms with E-state index in [9.17, 15) is 13.2 Å². The van der Waals surface area contributed by atoms with Gasteiger partial charge < -0.3 is 15.0 Å². The normalized spacial score (nSPS) is 23.1. The first-order chi connectivity index (χ1) is 9.49. The van der Waals surface area contributed by atoms with Gasteiger partial charge in [-0.1, -0.05) is 0 Å². The molecule has 0 aliphatic carbocycles. The monoisotopic (exact) mass is 341 g/mol. The summed E-state index contributed by atoms with van der Waals surface area (Å²) in [5, 5.41) is 3.16. The first-order valence-corrected chi connectivity index (χ1v) is 8.64. The lowest BCUT2D eigenvalue weighted by atomic mass is 10.3. The lowest BCUT2D eigenvalue weighted by molar-refractivity contribution is -0.131. The van der Waals surface area contributed by atoms with Crippen LogP contribution in [0.4, 0.5) is 0 Å². The number of nitrogens with zero attached hydrogens (tertiary/aromatic N) is 2. The molecule has 0 spiro atoms. The number of nitrogens with one attached hydrogen (secondary N) is 1. The van der Waals surface area contributed by atoms with Gasteiger partial charge in [-0.15, -0.1) is 12.4 Å². The Balaban J connectivity index is 0.00000220. The van der Waals surface area contributed by atoms with Crippen LogP contribution in [0.15, 0.2) is 0 Å². The van der Waals surface area contributed by atoms with E-state index in [-0.39, 0.29) is 36.7 Å². The zero-order valence-electron chi connectivity index (χ0n) is 12.3. The summed E-state index contributed by atoms with van der Waals surface area (Å²) in [6.45, 7) is 3.34. The number of piperazine rings is 1. The molecule has 1 N–H and O–H groups in total. The first-order valence-electron chi connectivity index (χ1n) is 7.03. The summed E-state index contributed by atoms with van der Waals surface area (Å²) < 4.78 is 30.8. The molecular formula is C12H24ClN3O4S. The number of amides is 1. The van der Waals surface area contributed by atoms with Crippen molar-refractivity contribution < 1.29 is 17.9 Å². The smallest absolute Gasteiger partial charge is 0.237 e. The largest absolute Gasteiger partial charge is 0.377 e. The van der Waals surface area contributed by atoms with E-state index in [2.05, 4.69) is 5.32 Å². The van der Waals surface area contributed by atoms with Crippen molar-refractivity contribution in [1.82, 2.24) is 14.5 Å². The summed E-state index contributed by atoms with van der Waals surface area (Å²) in [5.74, 6) is -0.164. The van der Waals surface area contributed by atoms with Gasteiger partial charge in [0.15, 0.2) is 0 Å². The topological polar surface area (TPSA) is 79.0 Å². The van der Waals surface area contributed by atoms with Crippen LogP contribution in [0.3, 0.4) is 0 Å². The summed E-state index contributed by atoms with van der Waals surface area (Å²) in [5.41, 5.74) is 0. The fourth-order valence-corrected chi connectivity index (χ4v) is 3.74. The molecule has 2 aliphatic heterocycles. The minimum Gasteiger partial charge on any atom is -0.377 e. The summed E-state index contributed by atoms with van der Waals surface area (Å²) in [4.78, 5) is 13.8. The number of sulfonamides is 1. The molecule has 0 aromatic heterocycles. The molecule has 1 atom stereocenters. The van der Waals surface area contributed by atoms with E-state index in [0.29, 0.717) is 19.7 Å². The average molecular weight is 342 g/mol. The Morgan fingerprint density at radius 2 is 2.05 bits per heavy atom. The van der Waals surface area contributed by atoms with E-state index in [1.807, 2.05) is 0 Å². The highest BCUT2D eigenvalue weighted by Gasteiger charge is 2.29. The van der Waals surface area contributed by atoms with E-state index in [1.165, 1.54) is 7.05 Å². The molecular weight excluding hydrogens is 318 g/mol. The second-order valence-corrected chi connectivity index (χ2v) is 7.42. The maximum absolute atomic E-state index is 12.2. The summed E-state index contributed by atoms with van der Waals surface area (Å²) in [7, 11) is -1.97. The zero-order valence-corrected chi connectivity index (χ0v) is 13.9. The van der Waals surface area contributed by atoms with Crippen LogP contribution in [0.1, 0.15) is 12.8 Å². The SMILES string of the molecule is CN(CC(=O)N1CCNCC1)S(=O)(=O)CC1CCCO1.Cl. The highest BCUT2D eigenvalue weighted by atomic mass is 35.5. The van der Waals surface area contributed by atoms with E-state index >= 15 is 0 Å². The third-order valence-electron chi connectivity index (χ3n) is 3.72. The Labute approximate surface area is 132 Å². The standard InChI is InChI=1S/C12H23N3O4S.ClH/c1-14(9-12(16)15-6-4-13-5-7-15)20(17,18)10-11-3-2-8-19-11;/h11,13H,2-10H2,1H3;1H. The van der Waals surface area contributed by atoms with Crippen molar-refractivity contribution in [2.75, 3.05) is 52.1 Å². The first kappa shape index (κ1) is 18.6. The van der Waals surface area contributed by atoms with Crippen molar-refractivity contribution in [2.24, 2.45) is 0 Å². The van der Waals surface area contributed by atoms with Gasteiger partial charge in [-0.2, -0.15) is 4.31 Å². The predicted molar refractivity (Wildman–Crippen MR) is 82.1 cm³/mol. The number of carbonyl (C=O) groups is 1. The molecule has 7 nitrogen and oxygen atoms in total. The fourth-order valence-electron chi connectivity index (χ4n) is 2.44. The maximum atomic E-state index is 12.2. The Kier molecular flexibility index (Phi) is 7.35. The van der Waals surface area contributed by atoms with Gasteiger partial charge in [-0.3, -0.25) is 4.79 Å². The number of rotatable bonds is 5. The van der Waals surface area contributed by atoms with Crippen LogP contribution >= 0.6 is 12.4 Å². The lowest BCUT2D eigenvalue weighted by Gasteiger charge is -2.29. The number of hydrogen-bond acceptors (Lipinski definition) is 5. The third-order valence-corrected chi connectivity index (χ3v) is 5.59. The van der Waals surface area contributed by atoms with E-state index in [0.717, 1.165) is 30.2 Å². The Morgan fingerprint density at radius 3 is 2.62 bits per heavy atom. The molecule has 0 aromatic rings. The molecule has 9 heteroatoms. The van der Waals surface area contributed by atoms with Crippen molar-refractivity contribution in [3.63, 3.8) is 0 Å². The number of likely N-dealkylation sites (N-methyl/N-ethyl adjacent to an activating group) is 1. The van der Waals surface area contributed by atoms with Crippen LogP contribution < -0.4 is 5.32 Å². The number of halogens is 1. The second-order valence-electron chi connectivity index (χ2n) is 5.30. The zero-order chi connectivity index (χ0) is 14.6. The van der Waals surface area contributed by atoms with E-state index in [1.54, 1.807) is 4.90 Å². The minimum atomic E-state index is -3.43. The molecule has 0 radical (unpaired) electrons. The molecule has 21 heavy (non-hydrogen) atoms. The number of hydrogen-bond donors (Lipinski definition) is 1. The Morgan fingerprint density at radius 1 is 1.38 bits per heavy atom. The number of carbonyl (C=O) groups excluding carboxylic acids is 1. The maximum Gasteiger partial charge on any atom is 0.237 e. The molecule has 0 saturated carbocycles. The van der Waals surface area contributed by atoms with Crippen molar-refractivity contribution >= 4 is 28.3 Å². The van der Waals surface area contributed by atoms with Gasteiger partial charge in [-0.25, -0.2) is 8.42 Å². The predicted octanol–water partition coefficient (Wildman–Crippen LogP) is -0.719. The quantitative estimate of drug-likeness (QED) is 0.714. The lowest BCUT2D eigenvalue weighted by Crippen LogP contribution is -2.50. The third kappa shape index (κ3) is 5.37. The summed E-state index contributed by atoms with van der Waals surface area (Å²) in [6, 6.07) is 0. The van der Waals surface area contributed by atoms with Gasteiger partial charge in [0.2, 0.25) is 15.9 Å². The second kappa shape index (κ2) is 8.28. The molecule has 0 bridgehead atoms. The highest BCUT2D eigenvalue weighted by Crippen LogP contribution is 2.15. The van der Waals surface area contributed by atoms with Crippen molar-refractivity contribution in [1.29, 1.82) is 0 Å². The fraction of sp³-hybridized carbons (Fsp3) is 0.917. The molecule has 0 aromatic carbocycles. The molecule has 2 rings (SSSR count). The van der Waals surface area contributed by atoms with Gasteiger partial charge in [-0.05, 0) is 12.8 Å². The van der Waals surface area contributed by atoms with Crippen LogP contribution in [0.25, 0.3) is 0 Å². The molecule has 1 unspecified atom stereocenters. The molecule has 2 aliphatic rings. The van der Waals surface area contributed by atoms with Gasteiger partial charge in [0.1, 0.15) is 0 Å². The van der Waals surface area contributed by atoms with Gasteiger partial charge in [0, 0.05) is 39.8 Å². The molecule has 124 valence electrons. The van der Waals surface area contributed by atoms with Crippen LogP contribution in [0, 0.1) is 0 Å².